The fourth-order valence-corrected chi connectivity index (χ4v) is 8.82. The molecule has 3 aliphatic heterocycles. The van der Waals surface area contributed by atoms with Gasteiger partial charge >= 0.3 is 5.97 Å². The number of aryl methyl sites for hydroxylation is 1. The van der Waals surface area contributed by atoms with Gasteiger partial charge in [-0.3, -0.25) is 28.8 Å². The van der Waals surface area contributed by atoms with Gasteiger partial charge in [-0.25, -0.2) is 19.2 Å². The number of aromatic amines is 1. The minimum absolute atomic E-state index is 0.00587. The fourth-order valence-electron chi connectivity index (χ4n) is 8.82. The third kappa shape index (κ3) is 6.23. The van der Waals surface area contributed by atoms with Crippen molar-refractivity contribution in [3.8, 4) is 5.75 Å². The minimum Gasteiger partial charge on any atom is -0.492 e. The van der Waals surface area contributed by atoms with Crippen molar-refractivity contribution in [2.75, 3.05) is 56.4 Å². The average molecular weight is 783 g/mol. The first-order chi connectivity index (χ1) is 27.6. The number of methoxy groups -OCH3 is 1. The molecule has 0 radical (unpaired) electrons. The normalized spacial score (nSPS) is 21.2. The zero-order valence-corrected chi connectivity index (χ0v) is 31.3. The first kappa shape index (κ1) is 36.6. The van der Waals surface area contributed by atoms with Crippen LogP contribution in [0.5, 0.6) is 5.75 Å². The Balaban J connectivity index is 1.03. The number of aromatic carboxylic acids is 1. The van der Waals surface area contributed by atoms with Crippen LogP contribution < -0.4 is 30.4 Å². The highest BCUT2D eigenvalue weighted by molar-refractivity contribution is 6.54. The lowest BCUT2D eigenvalue weighted by atomic mass is 9.92. The largest absolute Gasteiger partial charge is 0.492 e. The summed E-state index contributed by atoms with van der Waals surface area (Å²) in [6, 6.07) is 6.86. The molecule has 3 aromatic heterocycles. The van der Waals surface area contributed by atoms with Crippen molar-refractivity contribution in [2.45, 2.75) is 51.4 Å². The number of carbonyl (C=O) groups is 2. The van der Waals surface area contributed by atoms with E-state index in [0.717, 1.165) is 48.8 Å². The van der Waals surface area contributed by atoms with Gasteiger partial charge in [0, 0.05) is 30.3 Å². The zero-order chi connectivity index (χ0) is 39.7. The van der Waals surface area contributed by atoms with Crippen LogP contribution >= 0.6 is 0 Å². The number of carboxylic acid groups (broad SMARTS) is 1. The molecule has 3 fully saturated rings. The topological polar surface area (TPSA) is 202 Å². The number of halogens is 1. The molecule has 5 aromatic rings. The number of ether oxygens (including phenoxy) is 2. The number of fused-ring (bicyclic) bond motifs is 4. The fraction of sp³-hybridized carbons (Fsp3) is 0.410. The van der Waals surface area contributed by atoms with Gasteiger partial charge in [0.25, 0.3) is 11.5 Å². The van der Waals surface area contributed by atoms with Gasteiger partial charge in [0.05, 0.1) is 56.3 Å². The molecule has 57 heavy (non-hydrogen) atoms. The number of aliphatic imine (C=N–C) groups is 1. The van der Waals surface area contributed by atoms with Crippen molar-refractivity contribution in [1.82, 2.24) is 24.1 Å². The van der Waals surface area contributed by atoms with Gasteiger partial charge in [-0.05, 0) is 50.8 Å². The number of aliphatic hydroxyl groups is 1. The number of benzene rings is 2. The molecule has 18 heteroatoms. The van der Waals surface area contributed by atoms with Gasteiger partial charge in [-0.2, -0.15) is 4.98 Å². The van der Waals surface area contributed by atoms with Crippen molar-refractivity contribution in [1.29, 1.82) is 0 Å². The van der Waals surface area contributed by atoms with E-state index in [4.69, 9.17) is 14.6 Å². The molecule has 1 aliphatic carbocycles. The Bertz CT molecular complexity index is 2630. The maximum atomic E-state index is 16.3. The number of pyridine rings is 1. The second-order valence-electron chi connectivity index (χ2n) is 15.2. The number of quaternary nitrogens is 1. The van der Waals surface area contributed by atoms with Crippen LogP contribution in [-0.2, 0) is 16.3 Å². The second-order valence-corrected chi connectivity index (χ2v) is 15.2. The van der Waals surface area contributed by atoms with E-state index in [0.29, 0.717) is 36.5 Å². The quantitative estimate of drug-likeness (QED) is 0.142. The number of carbonyl (C=O) groups excluding carboxylic acids is 1. The molecule has 1 amide bonds. The number of imidazole rings is 1. The third-order valence-electron chi connectivity index (χ3n) is 11.6. The Morgan fingerprint density at radius 1 is 1.16 bits per heavy atom. The first-order valence-electron chi connectivity index (χ1n) is 19.0. The lowest BCUT2D eigenvalue weighted by Gasteiger charge is -2.35. The summed E-state index contributed by atoms with van der Waals surface area (Å²) in [5.41, 5.74) is 1.59. The highest BCUT2D eigenvalue weighted by Crippen LogP contribution is 2.45. The van der Waals surface area contributed by atoms with E-state index in [1.54, 1.807) is 9.47 Å². The molecule has 0 bridgehead atoms. The number of aliphatic hydroxyl groups excluding tert-OH is 1. The standard InChI is InChI=1S/C39H40FN9O8/c1-20-5-8-27-23(12-20)29(42-39-43-35-30(36(52)44-39)41-17-47(35)19-57-11-10-50)37(53)49(27)18-45-9-3-4-21-14-46(16-28(21)45)32-26(40)13-24-31(34(32)56-2)48(22-6-7-22)15-25(33(24)51)38(54)55/h5,8,12-13,15,17,21-22,28,50H,3-4,6-7,9-11,14,16,18-19H2,1-2H3,(H,54,55)(H,43,44,52)/p+1/b42-29-/t21-,28+/m0/s1. The van der Waals surface area contributed by atoms with Crippen molar-refractivity contribution < 1.29 is 38.6 Å². The van der Waals surface area contributed by atoms with E-state index in [1.165, 1.54) is 24.2 Å². The molecule has 2 saturated heterocycles. The molecule has 4 N–H and O–H groups in total. The van der Waals surface area contributed by atoms with Crippen molar-refractivity contribution in [3.63, 3.8) is 0 Å². The van der Waals surface area contributed by atoms with E-state index < -0.39 is 28.3 Å². The maximum Gasteiger partial charge on any atom is 0.341 e. The number of nitrogens with zero attached hydrogens (tertiary/aromatic N) is 7. The monoisotopic (exact) mass is 782 g/mol. The predicted molar refractivity (Wildman–Crippen MR) is 205 cm³/mol. The molecular weight excluding hydrogens is 741 g/mol. The molecule has 296 valence electrons. The van der Waals surface area contributed by atoms with Crippen molar-refractivity contribution in [2.24, 2.45) is 10.9 Å². The summed E-state index contributed by atoms with van der Waals surface area (Å²) in [6.45, 7) is 3.94. The SMILES string of the molecule is COc1c(N2C[C@@H]3CCC[NH+](CN4C(=O)/C(=N\c5nc6c(ncn6COCCO)c(=O)[nH]5)c5cc(C)ccc54)[C@@H]3C2)c(F)cc2c(=O)c(C(=O)O)cn(C3CC3)c12. The molecule has 1 unspecified atom stereocenters. The summed E-state index contributed by atoms with van der Waals surface area (Å²) in [6.07, 6.45) is 6.18. The lowest BCUT2D eigenvalue weighted by molar-refractivity contribution is -0.930. The molecule has 1 saturated carbocycles. The van der Waals surface area contributed by atoms with E-state index >= 15 is 4.39 Å². The van der Waals surface area contributed by atoms with E-state index in [-0.39, 0.29) is 83.5 Å². The van der Waals surface area contributed by atoms with E-state index in [1.807, 2.05) is 30.0 Å². The van der Waals surface area contributed by atoms with Crippen molar-refractivity contribution in [3.05, 3.63) is 79.9 Å². The molecule has 9 rings (SSSR count). The number of rotatable bonds is 11. The number of anilines is 2. The maximum absolute atomic E-state index is 16.3. The van der Waals surface area contributed by atoms with Crippen LogP contribution in [0.2, 0.25) is 0 Å². The summed E-state index contributed by atoms with van der Waals surface area (Å²) in [4.78, 5) is 73.4. The zero-order valence-electron chi connectivity index (χ0n) is 31.3. The minimum atomic E-state index is -1.36. The molecule has 3 atom stereocenters. The average Bonchev–Trinajstić information content (AvgIpc) is 3.73. The summed E-state index contributed by atoms with van der Waals surface area (Å²) in [5.74, 6) is -2.06. The Morgan fingerprint density at radius 2 is 1.98 bits per heavy atom. The highest BCUT2D eigenvalue weighted by atomic mass is 19.1. The van der Waals surface area contributed by atoms with Crippen LogP contribution in [0.25, 0.3) is 22.1 Å². The Kier molecular flexibility index (Phi) is 9.13. The summed E-state index contributed by atoms with van der Waals surface area (Å²) >= 11 is 0. The van der Waals surface area contributed by atoms with Crippen molar-refractivity contribution >= 4 is 57.0 Å². The van der Waals surface area contributed by atoms with Gasteiger partial charge < -0.3 is 34.1 Å². The Labute approximate surface area is 323 Å². The van der Waals surface area contributed by atoms with Crippen LogP contribution in [-0.4, -0.2) is 105 Å². The van der Waals surface area contributed by atoms with Crippen LogP contribution in [0.1, 0.15) is 53.2 Å². The summed E-state index contributed by atoms with van der Waals surface area (Å²) in [5, 5.41) is 18.8. The molecule has 17 nitrogen and oxygen atoms in total. The Hall–Kier alpha value is -5.98. The number of likely N-dealkylation sites (tertiary alicyclic amines) is 1. The molecule has 4 aliphatic rings. The number of piperidine rings is 1. The number of hydrogen-bond acceptors (Lipinski definition) is 11. The van der Waals surface area contributed by atoms with Crippen LogP contribution in [0.3, 0.4) is 0 Å². The number of hydrogen-bond donors (Lipinski definition) is 4. The van der Waals surface area contributed by atoms with Gasteiger partial charge in [-0.15, -0.1) is 0 Å². The van der Waals surface area contributed by atoms with Crippen LogP contribution in [0.4, 0.5) is 21.7 Å². The predicted octanol–water partition coefficient (Wildman–Crippen LogP) is 1.50. The molecular formula is C39H41FN9O8+. The number of nitrogens with one attached hydrogen (secondary N) is 2. The van der Waals surface area contributed by atoms with Gasteiger partial charge in [0.15, 0.2) is 29.4 Å². The smallest absolute Gasteiger partial charge is 0.341 e. The summed E-state index contributed by atoms with van der Waals surface area (Å²) in [7, 11) is 1.44. The van der Waals surface area contributed by atoms with Gasteiger partial charge in [0.2, 0.25) is 11.4 Å². The lowest BCUT2D eigenvalue weighted by Crippen LogP contribution is -3.19. The van der Waals surface area contributed by atoms with E-state index in [9.17, 15) is 24.3 Å². The van der Waals surface area contributed by atoms with Gasteiger partial charge in [0.1, 0.15) is 29.7 Å². The highest BCUT2D eigenvalue weighted by Gasteiger charge is 2.46. The molecule has 6 heterocycles. The number of aromatic nitrogens is 5. The van der Waals surface area contributed by atoms with E-state index in [2.05, 4.69) is 19.9 Å². The first-order valence-corrected chi connectivity index (χ1v) is 19.0. The third-order valence-corrected chi connectivity index (χ3v) is 11.6. The van der Waals surface area contributed by atoms with Crippen LogP contribution in [0.15, 0.2) is 51.4 Å². The number of amides is 1. The second kappa shape index (κ2) is 14.2. The molecule has 2 aromatic carbocycles. The van der Waals surface area contributed by atoms with Crippen LogP contribution in [0, 0.1) is 18.7 Å². The van der Waals surface area contributed by atoms with Gasteiger partial charge in [-0.1, -0.05) is 11.6 Å². The summed E-state index contributed by atoms with van der Waals surface area (Å²) < 4.78 is 30.9. The number of carboxylic acids is 1. The Morgan fingerprint density at radius 3 is 2.74 bits per heavy atom. The molecule has 0 spiro atoms. The number of H-pyrrole nitrogens is 1.